The Bertz CT molecular complexity index is 952. The van der Waals surface area contributed by atoms with Crippen LogP contribution in [0.15, 0.2) is 29.6 Å². The molecule has 1 aromatic carbocycles. The van der Waals surface area contributed by atoms with Gasteiger partial charge in [-0.05, 0) is 37.6 Å². The first-order valence-corrected chi connectivity index (χ1v) is 9.20. The molecule has 24 heavy (non-hydrogen) atoms. The highest BCUT2D eigenvalue weighted by Gasteiger charge is 2.18. The smallest absolute Gasteiger partial charge is 0.231 e. The maximum absolute atomic E-state index is 12.5. The van der Waals surface area contributed by atoms with Crippen molar-refractivity contribution in [1.29, 1.82) is 0 Å². The van der Waals surface area contributed by atoms with Crippen molar-refractivity contribution in [3.05, 3.63) is 40.5 Å². The normalized spacial score (nSPS) is 12.8. The van der Waals surface area contributed by atoms with E-state index in [0.717, 1.165) is 15.2 Å². The second kappa shape index (κ2) is 6.07. The Morgan fingerprint density at radius 1 is 1.25 bits per heavy atom. The number of ketones is 1. The molecule has 0 aliphatic carbocycles. The zero-order valence-corrected chi connectivity index (χ0v) is 14.8. The summed E-state index contributed by atoms with van der Waals surface area (Å²) in [6.45, 7) is 4.35. The third-order valence-electron chi connectivity index (χ3n) is 3.97. The zero-order chi connectivity index (χ0) is 16.7. The molecule has 7 heteroatoms. The fourth-order valence-corrected chi connectivity index (χ4v) is 4.56. The number of rotatable bonds is 4. The van der Waals surface area contributed by atoms with Crippen molar-refractivity contribution in [3.63, 3.8) is 0 Å². The quantitative estimate of drug-likeness (QED) is 0.399. The Morgan fingerprint density at radius 2 is 2.08 bits per heavy atom. The van der Waals surface area contributed by atoms with E-state index in [2.05, 4.69) is 23.8 Å². The van der Waals surface area contributed by atoms with Crippen molar-refractivity contribution in [2.24, 2.45) is 0 Å². The summed E-state index contributed by atoms with van der Waals surface area (Å²) in [5, 5.41) is 1.92. The predicted molar refractivity (Wildman–Crippen MR) is 94.5 cm³/mol. The first-order valence-electron chi connectivity index (χ1n) is 7.40. The molecule has 2 aromatic heterocycles. The minimum Gasteiger partial charge on any atom is -0.454 e. The van der Waals surface area contributed by atoms with Gasteiger partial charge in [0.2, 0.25) is 6.79 Å². The van der Waals surface area contributed by atoms with Gasteiger partial charge >= 0.3 is 0 Å². The summed E-state index contributed by atoms with van der Waals surface area (Å²) in [7, 11) is 0. The van der Waals surface area contributed by atoms with Gasteiger partial charge in [0, 0.05) is 15.8 Å². The van der Waals surface area contributed by atoms with Gasteiger partial charge in [-0.1, -0.05) is 11.8 Å². The van der Waals surface area contributed by atoms with Gasteiger partial charge in [-0.15, -0.1) is 11.3 Å². The van der Waals surface area contributed by atoms with Gasteiger partial charge in [0.15, 0.2) is 17.3 Å². The van der Waals surface area contributed by atoms with Gasteiger partial charge in [-0.3, -0.25) is 4.79 Å². The monoisotopic (exact) mass is 358 g/mol. The van der Waals surface area contributed by atoms with Gasteiger partial charge in [0.1, 0.15) is 16.2 Å². The van der Waals surface area contributed by atoms with Crippen LogP contribution < -0.4 is 9.47 Å². The van der Waals surface area contributed by atoms with Crippen LogP contribution in [0.1, 0.15) is 20.8 Å². The summed E-state index contributed by atoms with van der Waals surface area (Å²) in [5.74, 6) is 1.66. The molecular weight excluding hydrogens is 344 g/mol. The molecule has 0 radical (unpaired) electrons. The second-order valence-corrected chi connectivity index (χ2v) is 7.59. The van der Waals surface area contributed by atoms with Gasteiger partial charge in [0.25, 0.3) is 0 Å². The third kappa shape index (κ3) is 2.63. The van der Waals surface area contributed by atoms with Crippen molar-refractivity contribution in [2.45, 2.75) is 18.9 Å². The minimum absolute atomic E-state index is 0.0367. The molecule has 0 atom stereocenters. The average molecular weight is 358 g/mol. The number of aryl methyl sites for hydroxylation is 2. The fraction of sp³-hybridized carbons (Fsp3) is 0.235. The van der Waals surface area contributed by atoms with E-state index in [1.807, 2.05) is 0 Å². The van der Waals surface area contributed by atoms with E-state index in [0.29, 0.717) is 22.8 Å². The van der Waals surface area contributed by atoms with Crippen LogP contribution >= 0.6 is 23.1 Å². The second-order valence-electron chi connectivity index (χ2n) is 5.42. The molecule has 4 rings (SSSR count). The summed E-state index contributed by atoms with van der Waals surface area (Å²) < 4.78 is 10.6. The van der Waals surface area contributed by atoms with Gasteiger partial charge in [-0.2, -0.15) is 0 Å². The highest BCUT2D eigenvalue weighted by Crippen LogP contribution is 2.35. The summed E-state index contributed by atoms with van der Waals surface area (Å²) in [5.41, 5.74) is 1.81. The molecule has 0 bridgehead atoms. The molecule has 0 saturated heterocycles. The number of thiophene rings is 1. The lowest BCUT2D eigenvalue weighted by molar-refractivity contribution is 0.102. The third-order valence-corrected chi connectivity index (χ3v) is 6.07. The first kappa shape index (κ1) is 15.4. The maximum Gasteiger partial charge on any atom is 0.231 e. The molecule has 0 fully saturated rings. The molecular formula is C17H14N2O3S2. The van der Waals surface area contributed by atoms with Gasteiger partial charge in [-0.25, -0.2) is 9.97 Å². The van der Waals surface area contributed by atoms with Crippen molar-refractivity contribution in [3.8, 4) is 11.5 Å². The number of aromatic nitrogens is 2. The zero-order valence-electron chi connectivity index (χ0n) is 13.2. The molecule has 5 nitrogen and oxygen atoms in total. The number of nitrogens with zero attached hydrogens (tertiary/aromatic N) is 2. The summed E-state index contributed by atoms with van der Waals surface area (Å²) >= 11 is 3.10. The Morgan fingerprint density at radius 3 is 2.96 bits per heavy atom. The molecule has 0 amide bonds. The van der Waals surface area contributed by atoms with Crippen molar-refractivity contribution >= 4 is 39.1 Å². The highest BCUT2D eigenvalue weighted by molar-refractivity contribution is 8.00. The van der Waals surface area contributed by atoms with E-state index in [-0.39, 0.29) is 12.6 Å². The fourth-order valence-electron chi connectivity index (χ4n) is 2.55. The molecule has 0 saturated carbocycles. The van der Waals surface area contributed by atoms with Crippen LogP contribution in [-0.2, 0) is 0 Å². The topological polar surface area (TPSA) is 61.3 Å². The lowest BCUT2D eigenvalue weighted by Crippen LogP contribution is -2.02. The number of hydrogen-bond donors (Lipinski definition) is 0. The van der Waals surface area contributed by atoms with Crippen molar-refractivity contribution in [1.82, 2.24) is 9.97 Å². The summed E-state index contributed by atoms with van der Waals surface area (Å²) in [4.78, 5) is 23.4. The van der Waals surface area contributed by atoms with Crippen LogP contribution in [0.25, 0.3) is 10.2 Å². The standard InChI is InChI=1S/C17H14N2O3S2/c1-9-10(2)24-17-15(9)16(18-7-19-17)23-6-12(20)11-3-4-13-14(5-11)22-8-21-13/h3-5,7H,6,8H2,1-2H3. The molecule has 0 unspecified atom stereocenters. The van der Waals surface area contributed by atoms with Crippen molar-refractivity contribution in [2.75, 3.05) is 12.5 Å². The first-order chi connectivity index (χ1) is 11.6. The number of thioether (sulfide) groups is 1. The Labute approximate surface area is 147 Å². The number of carbonyl (C=O) groups excluding carboxylic acids is 1. The van der Waals surface area contributed by atoms with Crippen LogP contribution in [0.2, 0.25) is 0 Å². The Balaban J connectivity index is 1.56. The Kier molecular flexibility index (Phi) is 3.90. The molecule has 0 spiro atoms. The molecule has 122 valence electrons. The van der Waals surface area contributed by atoms with Crippen LogP contribution in [-0.4, -0.2) is 28.3 Å². The molecule has 1 aliphatic rings. The van der Waals surface area contributed by atoms with E-state index in [4.69, 9.17) is 9.47 Å². The lowest BCUT2D eigenvalue weighted by Gasteiger charge is -2.04. The summed E-state index contributed by atoms with van der Waals surface area (Å²) in [6, 6.07) is 5.28. The Hall–Kier alpha value is -2.12. The highest BCUT2D eigenvalue weighted by atomic mass is 32.2. The van der Waals surface area contributed by atoms with Gasteiger partial charge in [0.05, 0.1) is 5.75 Å². The van der Waals surface area contributed by atoms with Crippen LogP contribution in [0.4, 0.5) is 0 Å². The number of carbonyl (C=O) groups is 1. The molecule has 0 N–H and O–H groups in total. The van der Waals surface area contributed by atoms with E-state index >= 15 is 0 Å². The average Bonchev–Trinajstić information content (AvgIpc) is 3.17. The van der Waals surface area contributed by atoms with Gasteiger partial charge < -0.3 is 9.47 Å². The molecule has 3 aromatic rings. The van der Waals surface area contributed by atoms with Crippen molar-refractivity contribution < 1.29 is 14.3 Å². The number of Topliss-reactive ketones (excluding diaryl/α,β-unsaturated/α-hetero) is 1. The number of fused-ring (bicyclic) bond motifs is 2. The van der Waals surface area contributed by atoms with Crippen LogP contribution in [0, 0.1) is 13.8 Å². The minimum atomic E-state index is 0.0367. The molecule has 3 heterocycles. The summed E-state index contributed by atoms with van der Waals surface area (Å²) in [6.07, 6.45) is 1.56. The number of benzene rings is 1. The SMILES string of the molecule is Cc1sc2ncnc(SCC(=O)c3ccc4c(c3)OCO4)c2c1C. The predicted octanol–water partition coefficient (Wildman–Crippen LogP) is 4.01. The van der Waals surface area contributed by atoms with E-state index in [1.165, 1.54) is 22.2 Å². The van der Waals surface area contributed by atoms with E-state index in [1.54, 1.807) is 35.9 Å². The maximum atomic E-state index is 12.5. The number of ether oxygens (including phenoxy) is 2. The number of hydrogen-bond acceptors (Lipinski definition) is 7. The lowest BCUT2D eigenvalue weighted by atomic mass is 10.1. The van der Waals surface area contributed by atoms with E-state index < -0.39 is 0 Å². The molecule has 1 aliphatic heterocycles. The van der Waals surface area contributed by atoms with Crippen LogP contribution in [0.3, 0.4) is 0 Å². The van der Waals surface area contributed by atoms with E-state index in [9.17, 15) is 4.79 Å². The van der Waals surface area contributed by atoms with Crippen LogP contribution in [0.5, 0.6) is 11.5 Å². The largest absolute Gasteiger partial charge is 0.454 e.